The lowest BCUT2D eigenvalue weighted by Gasteiger charge is -2.18. The van der Waals surface area contributed by atoms with Gasteiger partial charge in [-0.25, -0.2) is 0 Å². The van der Waals surface area contributed by atoms with Gasteiger partial charge in [-0.3, -0.25) is 9.59 Å². The molecule has 136 valence electrons. The quantitative estimate of drug-likeness (QED) is 0.916. The molecule has 1 aliphatic rings. The number of hydrogen-bond acceptors (Lipinski definition) is 3. The number of aryl methyl sites for hydroxylation is 2. The number of methoxy groups -OCH3 is 1. The maximum Gasteiger partial charge on any atom is 0.308 e. The first-order valence-electron chi connectivity index (χ1n) is 8.64. The fourth-order valence-electron chi connectivity index (χ4n) is 3.57. The molecule has 1 amide bonds. The molecule has 1 saturated heterocycles. The average molecular weight is 353 g/mol. The van der Waals surface area contributed by atoms with E-state index in [0.717, 1.165) is 16.7 Å². The van der Waals surface area contributed by atoms with Crippen LogP contribution in [0, 0.1) is 19.8 Å². The second kappa shape index (κ2) is 7.20. The topological polar surface area (TPSA) is 66.8 Å². The van der Waals surface area contributed by atoms with E-state index in [1.807, 2.05) is 56.3 Å². The number of carbonyl (C=O) groups is 2. The summed E-state index contributed by atoms with van der Waals surface area (Å²) in [4.78, 5) is 26.5. The van der Waals surface area contributed by atoms with Gasteiger partial charge in [0.15, 0.2) is 0 Å². The minimum Gasteiger partial charge on any atom is -0.497 e. The zero-order chi connectivity index (χ0) is 18.8. The number of aliphatic carboxylic acids is 1. The zero-order valence-corrected chi connectivity index (χ0v) is 15.2. The molecule has 2 aromatic rings. The molecular formula is C21H23NO4. The molecule has 5 heteroatoms. The van der Waals surface area contributed by atoms with Crippen molar-refractivity contribution >= 4 is 11.9 Å². The Morgan fingerprint density at radius 2 is 1.88 bits per heavy atom. The molecule has 1 fully saturated rings. The maximum atomic E-state index is 13.0. The average Bonchev–Trinajstić information content (AvgIpc) is 3.09. The highest BCUT2D eigenvalue weighted by atomic mass is 16.5. The second-order valence-electron chi connectivity index (χ2n) is 6.86. The number of nitrogens with zero attached hydrogens (tertiary/aromatic N) is 1. The van der Waals surface area contributed by atoms with Crippen LogP contribution in [0.15, 0.2) is 42.5 Å². The van der Waals surface area contributed by atoms with E-state index >= 15 is 0 Å². The SMILES string of the molecule is COc1cccc([C@@H]2CN(C(=O)c3cc(C)ccc3C)C[C@H]2C(=O)O)c1. The molecule has 3 rings (SSSR count). The molecule has 26 heavy (non-hydrogen) atoms. The largest absolute Gasteiger partial charge is 0.497 e. The number of carboxylic acid groups (broad SMARTS) is 1. The summed E-state index contributed by atoms with van der Waals surface area (Å²) in [5, 5.41) is 9.67. The van der Waals surface area contributed by atoms with Gasteiger partial charge in [0.2, 0.25) is 0 Å². The highest BCUT2D eigenvalue weighted by molar-refractivity contribution is 5.96. The number of rotatable bonds is 4. The minimum atomic E-state index is -0.880. The van der Waals surface area contributed by atoms with Gasteiger partial charge in [0.05, 0.1) is 13.0 Å². The Balaban J connectivity index is 1.90. The molecular weight excluding hydrogens is 330 g/mol. The molecule has 0 spiro atoms. The third kappa shape index (κ3) is 3.43. The molecule has 0 saturated carbocycles. The Labute approximate surface area is 153 Å². The van der Waals surface area contributed by atoms with Crippen molar-refractivity contribution in [2.24, 2.45) is 5.92 Å². The standard InChI is InChI=1S/C21H23NO4/c1-13-7-8-14(2)17(9-13)20(23)22-11-18(19(12-22)21(24)25)15-5-4-6-16(10-15)26-3/h4-10,18-19H,11-12H2,1-3H3,(H,24,25)/t18-,19+/m0/s1. The molecule has 2 atom stereocenters. The first-order valence-corrected chi connectivity index (χ1v) is 8.64. The van der Waals surface area contributed by atoms with Gasteiger partial charge in [0.1, 0.15) is 5.75 Å². The van der Waals surface area contributed by atoms with Crippen molar-refractivity contribution in [1.82, 2.24) is 4.90 Å². The summed E-state index contributed by atoms with van der Waals surface area (Å²) in [6.45, 7) is 4.44. The first kappa shape index (κ1) is 18.0. The van der Waals surface area contributed by atoms with Crippen molar-refractivity contribution in [3.63, 3.8) is 0 Å². The van der Waals surface area contributed by atoms with Crippen molar-refractivity contribution in [3.05, 3.63) is 64.7 Å². The zero-order valence-electron chi connectivity index (χ0n) is 15.2. The van der Waals surface area contributed by atoms with E-state index in [2.05, 4.69) is 0 Å². The fourth-order valence-corrected chi connectivity index (χ4v) is 3.57. The number of carbonyl (C=O) groups excluding carboxylic acids is 1. The Morgan fingerprint density at radius 3 is 2.58 bits per heavy atom. The summed E-state index contributed by atoms with van der Waals surface area (Å²) in [7, 11) is 1.58. The highest BCUT2D eigenvalue weighted by Crippen LogP contribution is 2.35. The first-order chi connectivity index (χ1) is 12.4. The number of likely N-dealkylation sites (tertiary alicyclic amines) is 1. The summed E-state index contributed by atoms with van der Waals surface area (Å²) >= 11 is 0. The van der Waals surface area contributed by atoms with Crippen molar-refractivity contribution in [3.8, 4) is 5.75 Å². The summed E-state index contributed by atoms with van der Waals surface area (Å²) in [6, 6.07) is 13.2. The van der Waals surface area contributed by atoms with Crippen LogP contribution >= 0.6 is 0 Å². The number of amides is 1. The molecule has 0 aliphatic carbocycles. The lowest BCUT2D eigenvalue weighted by molar-refractivity contribution is -0.141. The van der Waals surface area contributed by atoms with E-state index < -0.39 is 11.9 Å². The normalized spacial score (nSPS) is 19.4. The number of benzene rings is 2. The minimum absolute atomic E-state index is 0.108. The molecule has 1 aliphatic heterocycles. The molecule has 0 bridgehead atoms. The summed E-state index contributed by atoms with van der Waals surface area (Å²) in [6.07, 6.45) is 0. The highest BCUT2D eigenvalue weighted by Gasteiger charge is 2.41. The molecule has 5 nitrogen and oxygen atoms in total. The molecule has 0 aromatic heterocycles. The molecule has 0 unspecified atom stereocenters. The lowest BCUT2D eigenvalue weighted by Crippen LogP contribution is -2.30. The van der Waals surface area contributed by atoms with Crippen LogP contribution in [0.4, 0.5) is 0 Å². The lowest BCUT2D eigenvalue weighted by atomic mass is 9.89. The monoisotopic (exact) mass is 353 g/mol. The van der Waals surface area contributed by atoms with E-state index in [0.29, 0.717) is 17.9 Å². The Kier molecular flexibility index (Phi) is 4.98. The van der Waals surface area contributed by atoms with E-state index in [9.17, 15) is 14.7 Å². The maximum absolute atomic E-state index is 13.0. The molecule has 1 N–H and O–H groups in total. The number of hydrogen-bond donors (Lipinski definition) is 1. The van der Waals surface area contributed by atoms with E-state index in [4.69, 9.17) is 4.74 Å². The van der Waals surface area contributed by atoms with Gasteiger partial charge in [0, 0.05) is 24.6 Å². The van der Waals surface area contributed by atoms with Crippen LogP contribution < -0.4 is 4.74 Å². The van der Waals surface area contributed by atoms with Crippen molar-refractivity contribution < 1.29 is 19.4 Å². The van der Waals surface area contributed by atoms with Gasteiger partial charge in [-0.1, -0.05) is 29.8 Å². The Hall–Kier alpha value is -2.82. The van der Waals surface area contributed by atoms with Crippen LogP contribution in [0.5, 0.6) is 5.75 Å². The summed E-state index contributed by atoms with van der Waals surface area (Å²) < 4.78 is 5.25. The van der Waals surface area contributed by atoms with Crippen LogP contribution in [0.1, 0.15) is 33.0 Å². The molecule has 0 radical (unpaired) electrons. The Bertz CT molecular complexity index is 846. The van der Waals surface area contributed by atoms with Gasteiger partial charge in [0.25, 0.3) is 5.91 Å². The van der Waals surface area contributed by atoms with E-state index in [1.54, 1.807) is 12.0 Å². The van der Waals surface area contributed by atoms with Crippen LogP contribution in [-0.2, 0) is 4.79 Å². The van der Waals surface area contributed by atoms with Crippen molar-refractivity contribution in [2.45, 2.75) is 19.8 Å². The van der Waals surface area contributed by atoms with Crippen LogP contribution in [0.25, 0.3) is 0 Å². The van der Waals surface area contributed by atoms with Crippen molar-refractivity contribution in [1.29, 1.82) is 0 Å². The van der Waals surface area contributed by atoms with Crippen LogP contribution in [0.3, 0.4) is 0 Å². The fraction of sp³-hybridized carbons (Fsp3) is 0.333. The van der Waals surface area contributed by atoms with E-state index in [1.165, 1.54) is 0 Å². The summed E-state index contributed by atoms with van der Waals surface area (Å²) in [5.74, 6) is -1.18. The van der Waals surface area contributed by atoms with Crippen LogP contribution in [0.2, 0.25) is 0 Å². The Morgan fingerprint density at radius 1 is 1.12 bits per heavy atom. The van der Waals surface area contributed by atoms with Crippen LogP contribution in [-0.4, -0.2) is 42.1 Å². The third-order valence-electron chi connectivity index (χ3n) is 5.07. The number of carboxylic acids is 1. The van der Waals surface area contributed by atoms with Crippen molar-refractivity contribution in [2.75, 3.05) is 20.2 Å². The van der Waals surface area contributed by atoms with Gasteiger partial charge < -0.3 is 14.7 Å². The van der Waals surface area contributed by atoms with E-state index in [-0.39, 0.29) is 18.4 Å². The predicted octanol–water partition coefficient (Wildman–Crippen LogP) is 3.25. The number of ether oxygens (including phenoxy) is 1. The van der Waals surface area contributed by atoms with Gasteiger partial charge in [-0.15, -0.1) is 0 Å². The molecule has 2 aromatic carbocycles. The van der Waals surface area contributed by atoms with Gasteiger partial charge >= 0.3 is 5.97 Å². The predicted molar refractivity (Wildman–Crippen MR) is 98.7 cm³/mol. The third-order valence-corrected chi connectivity index (χ3v) is 5.07. The second-order valence-corrected chi connectivity index (χ2v) is 6.86. The van der Waals surface area contributed by atoms with Gasteiger partial charge in [-0.05, 0) is 43.2 Å². The van der Waals surface area contributed by atoms with Gasteiger partial charge in [-0.2, -0.15) is 0 Å². The smallest absolute Gasteiger partial charge is 0.308 e. The summed E-state index contributed by atoms with van der Waals surface area (Å²) in [5.41, 5.74) is 3.43. The molecule has 1 heterocycles.